The number of amides is 1. The molecule has 27 heavy (non-hydrogen) atoms. The largest absolute Gasteiger partial charge is 0.496 e. The molecule has 0 unspecified atom stereocenters. The SMILES string of the molecule is COc1ccc(C)cc1-c1csc(NC(=O)CSCc2ccc(F)cc2)n1. The maximum absolute atomic E-state index is 12.9. The normalized spacial score (nSPS) is 10.6. The maximum atomic E-state index is 12.9. The van der Waals surface area contributed by atoms with Gasteiger partial charge in [0.25, 0.3) is 0 Å². The van der Waals surface area contributed by atoms with Gasteiger partial charge in [0, 0.05) is 16.7 Å². The van der Waals surface area contributed by atoms with Gasteiger partial charge in [-0.3, -0.25) is 4.79 Å². The number of carbonyl (C=O) groups is 1. The molecule has 0 fully saturated rings. The second kappa shape index (κ2) is 9.01. The van der Waals surface area contributed by atoms with E-state index in [0.29, 0.717) is 16.6 Å². The van der Waals surface area contributed by atoms with Crippen molar-refractivity contribution in [3.8, 4) is 17.0 Å². The number of hydrogen-bond acceptors (Lipinski definition) is 5. The van der Waals surface area contributed by atoms with E-state index < -0.39 is 0 Å². The standard InChI is InChI=1S/C20H19FN2O2S2/c1-13-3-8-18(25-2)16(9-13)17-11-27-20(22-17)23-19(24)12-26-10-14-4-6-15(21)7-5-14/h3-9,11H,10,12H2,1-2H3,(H,22,23,24). The van der Waals surface area contributed by atoms with Crippen molar-refractivity contribution in [1.82, 2.24) is 4.98 Å². The first-order valence-electron chi connectivity index (χ1n) is 8.28. The molecule has 0 saturated carbocycles. The minimum atomic E-state index is -0.258. The smallest absolute Gasteiger partial charge is 0.236 e. The molecule has 3 aromatic rings. The van der Waals surface area contributed by atoms with Gasteiger partial charge in [0.05, 0.1) is 18.6 Å². The number of nitrogens with one attached hydrogen (secondary N) is 1. The Morgan fingerprint density at radius 3 is 2.78 bits per heavy atom. The van der Waals surface area contributed by atoms with Crippen LogP contribution in [0.25, 0.3) is 11.3 Å². The van der Waals surface area contributed by atoms with E-state index in [1.807, 2.05) is 30.5 Å². The van der Waals surface area contributed by atoms with Crippen LogP contribution in [0.1, 0.15) is 11.1 Å². The number of nitrogens with zero attached hydrogens (tertiary/aromatic N) is 1. The minimum Gasteiger partial charge on any atom is -0.496 e. The molecule has 0 radical (unpaired) electrons. The lowest BCUT2D eigenvalue weighted by Gasteiger charge is -2.07. The number of benzene rings is 2. The highest BCUT2D eigenvalue weighted by Crippen LogP contribution is 2.33. The number of anilines is 1. The molecule has 3 rings (SSSR count). The Hall–Kier alpha value is -2.38. The number of thioether (sulfide) groups is 1. The lowest BCUT2D eigenvalue weighted by atomic mass is 10.1. The van der Waals surface area contributed by atoms with Crippen LogP contribution in [0.3, 0.4) is 0 Å². The van der Waals surface area contributed by atoms with Gasteiger partial charge in [0.2, 0.25) is 5.91 Å². The number of methoxy groups -OCH3 is 1. The predicted molar refractivity (Wildman–Crippen MR) is 110 cm³/mol. The first-order chi connectivity index (χ1) is 13.0. The van der Waals surface area contributed by atoms with Gasteiger partial charge in [-0.1, -0.05) is 23.8 Å². The Morgan fingerprint density at radius 2 is 2.04 bits per heavy atom. The van der Waals surface area contributed by atoms with E-state index in [-0.39, 0.29) is 11.7 Å². The van der Waals surface area contributed by atoms with E-state index in [4.69, 9.17) is 4.74 Å². The predicted octanol–water partition coefficient (Wildman–Crippen LogP) is 5.14. The van der Waals surface area contributed by atoms with Crippen LogP contribution >= 0.6 is 23.1 Å². The van der Waals surface area contributed by atoms with Crippen LogP contribution in [0, 0.1) is 12.7 Å². The summed E-state index contributed by atoms with van der Waals surface area (Å²) in [7, 11) is 1.63. The van der Waals surface area contributed by atoms with Gasteiger partial charge in [-0.2, -0.15) is 0 Å². The average molecular weight is 403 g/mol. The highest BCUT2D eigenvalue weighted by molar-refractivity contribution is 7.99. The van der Waals surface area contributed by atoms with Crippen molar-refractivity contribution in [2.24, 2.45) is 0 Å². The molecule has 1 N–H and O–H groups in total. The molecule has 0 saturated heterocycles. The molecule has 0 aliphatic heterocycles. The van der Waals surface area contributed by atoms with Crippen LogP contribution in [0.2, 0.25) is 0 Å². The van der Waals surface area contributed by atoms with Crippen molar-refractivity contribution >= 4 is 34.1 Å². The van der Waals surface area contributed by atoms with Crippen LogP contribution < -0.4 is 10.1 Å². The lowest BCUT2D eigenvalue weighted by molar-refractivity contribution is -0.113. The van der Waals surface area contributed by atoms with Crippen molar-refractivity contribution in [3.05, 3.63) is 64.8 Å². The third-order valence-electron chi connectivity index (χ3n) is 3.80. The highest BCUT2D eigenvalue weighted by atomic mass is 32.2. The Morgan fingerprint density at radius 1 is 1.26 bits per heavy atom. The minimum absolute atomic E-state index is 0.112. The summed E-state index contributed by atoms with van der Waals surface area (Å²) in [4.78, 5) is 16.6. The van der Waals surface area contributed by atoms with E-state index in [1.165, 1.54) is 35.2 Å². The van der Waals surface area contributed by atoms with E-state index >= 15 is 0 Å². The summed E-state index contributed by atoms with van der Waals surface area (Å²) in [6.07, 6.45) is 0. The number of thiazole rings is 1. The molecule has 4 nitrogen and oxygen atoms in total. The van der Waals surface area contributed by atoms with Crippen molar-refractivity contribution < 1.29 is 13.9 Å². The first-order valence-corrected chi connectivity index (χ1v) is 10.3. The highest BCUT2D eigenvalue weighted by Gasteiger charge is 2.12. The molecule has 1 heterocycles. The zero-order chi connectivity index (χ0) is 19.2. The molecular formula is C20H19FN2O2S2. The third kappa shape index (κ3) is 5.30. The number of halogens is 1. The first kappa shape index (κ1) is 19.4. The molecular weight excluding hydrogens is 383 g/mol. The van der Waals surface area contributed by atoms with E-state index in [0.717, 1.165) is 28.1 Å². The molecule has 7 heteroatoms. The molecule has 0 spiro atoms. The second-order valence-corrected chi connectivity index (χ2v) is 7.75. The zero-order valence-electron chi connectivity index (χ0n) is 15.0. The Bertz CT molecular complexity index is 926. The number of aryl methyl sites for hydroxylation is 1. The van der Waals surface area contributed by atoms with Crippen molar-refractivity contribution in [2.45, 2.75) is 12.7 Å². The molecule has 140 valence electrons. The maximum Gasteiger partial charge on any atom is 0.236 e. The monoisotopic (exact) mass is 402 g/mol. The number of rotatable bonds is 7. The lowest BCUT2D eigenvalue weighted by Crippen LogP contribution is -2.14. The van der Waals surface area contributed by atoms with E-state index in [2.05, 4.69) is 10.3 Å². The molecule has 0 bridgehead atoms. The van der Waals surface area contributed by atoms with E-state index in [1.54, 1.807) is 19.2 Å². The molecule has 1 aromatic heterocycles. The van der Waals surface area contributed by atoms with Gasteiger partial charge in [-0.05, 0) is 36.8 Å². The fraction of sp³-hybridized carbons (Fsp3) is 0.200. The summed E-state index contributed by atoms with van der Waals surface area (Å²) in [5, 5.41) is 5.28. The van der Waals surface area contributed by atoms with Gasteiger partial charge < -0.3 is 10.1 Å². The van der Waals surface area contributed by atoms with Crippen LogP contribution in [-0.4, -0.2) is 23.8 Å². The Balaban J connectivity index is 1.56. The fourth-order valence-corrected chi connectivity index (χ4v) is 3.99. The molecule has 1 amide bonds. The summed E-state index contributed by atoms with van der Waals surface area (Å²) >= 11 is 2.85. The molecule has 0 aliphatic rings. The van der Waals surface area contributed by atoms with Gasteiger partial charge in [0.15, 0.2) is 5.13 Å². The number of ether oxygens (including phenoxy) is 1. The van der Waals surface area contributed by atoms with Crippen LogP contribution in [0.5, 0.6) is 5.75 Å². The van der Waals surface area contributed by atoms with Crippen molar-refractivity contribution in [1.29, 1.82) is 0 Å². The summed E-state index contributed by atoms with van der Waals surface area (Å²) in [5.41, 5.74) is 3.77. The van der Waals surface area contributed by atoms with Crippen LogP contribution in [0.4, 0.5) is 9.52 Å². The summed E-state index contributed by atoms with van der Waals surface area (Å²) in [5.74, 6) is 1.33. The zero-order valence-corrected chi connectivity index (χ0v) is 16.6. The molecule has 0 aliphatic carbocycles. The molecule has 2 aromatic carbocycles. The Kier molecular flexibility index (Phi) is 6.47. The number of hydrogen-bond donors (Lipinski definition) is 1. The number of aromatic nitrogens is 1. The summed E-state index contributed by atoms with van der Waals surface area (Å²) in [6.45, 7) is 2.01. The molecule has 0 atom stereocenters. The van der Waals surface area contributed by atoms with Crippen molar-refractivity contribution in [2.75, 3.05) is 18.2 Å². The van der Waals surface area contributed by atoms with Crippen LogP contribution in [-0.2, 0) is 10.5 Å². The van der Waals surface area contributed by atoms with E-state index in [9.17, 15) is 9.18 Å². The summed E-state index contributed by atoms with van der Waals surface area (Å²) in [6, 6.07) is 12.2. The van der Waals surface area contributed by atoms with Crippen molar-refractivity contribution in [3.63, 3.8) is 0 Å². The van der Waals surface area contributed by atoms with Gasteiger partial charge in [-0.15, -0.1) is 23.1 Å². The van der Waals surface area contributed by atoms with Gasteiger partial charge >= 0.3 is 0 Å². The number of carbonyl (C=O) groups excluding carboxylic acids is 1. The third-order valence-corrected chi connectivity index (χ3v) is 5.56. The van der Waals surface area contributed by atoms with Gasteiger partial charge in [-0.25, -0.2) is 9.37 Å². The topological polar surface area (TPSA) is 51.2 Å². The second-order valence-electron chi connectivity index (χ2n) is 5.91. The fourth-order valence-electron chi connectivity index (χ4n) is 2.47. The van der Waals surface area contributed by atoms with Crippen LogP contribution in [0.15, 0.2) is 47.8 Å². The van der Waals surface area contributed by atoms with Gasteiger partial charge in [0.1, 0.15) is 11.6 Å². The Labute approximate surface area is 165 Å². The summed E-state index contributed by atoms with van der Waals surface area (Å²) < 4.78 is 18.3. The average Bonchev–Trinajstić information content (AvgIpc) is 3.11. The quantitative estimate of drug-likeness (QED) is 0.595.